The van der Waals surface area contributed by atoms with Gasteiger partial charge in [0, 0.05) is 35.4 Å². The summed E-state index contributed by atoms with van der Waals surface area (Å²) in [4.78, 5) is 27.8. The fourth-order valence-corrected chi connectivity index (χ4v) is 5.06. The first-order valence-corrected chi connectivity index (χ1v) is 9.58. The second-order valence-electron chi connectivity index (χ2n) is 6.99. The maximum Gasteiger partial charge on any atom is 0.335 e. The van der Waals surface area contributed by atoms with Gasteiger partial charge in [0.1, 0.15) is 0 Å². The highest BCUT2D eigenvalue weighted by atomic mass is 79.9. The van der Waals surface area contributed by atoms with Crippen LogP contribution in [-0.2, 0) is 19.7 Å². The molecule has 6 heteroatoms. The Kier molecular flexibility index (Phi) is 4.28. The number of para-hydroxylation sites is 1. The van der Waals surface area contributed by atoms with Gasteiger partial charge in [0.2, 0.25) is 0 Å². The molecule has 1 saturated heterocycles. The molecular weight excluding hydrogens is 396 g/mol. The van der Waals surface area contributed by atoms with Crippen LogP contribution in [0.3, 0.4) is 0 Å². The van der Waals surface area contributed by atoms with E-state index in [2.05, 4.69) is 32.2 Å². The van der Waals surface area contributed by atoms with Crippen LogP contribution in [0.2, 0.25) is 0 Å². The second kappa shape index (κ2) is 6.35. The van der Waals surface area contributed by atoms with Gasteiger partial charge in [-0.3, -0.25) is 9.69 Å². The van der Waals surface area contributed by atoms with Crippen molar-refractivity contribution in [1.29, 1.82) is 0 Å². The summed E-state index contributed by atoms with van der Waals surface area (Å²) in [6, 6.07) is 7.78. The molecule has 2 atom stereocenters. The van der Waals surface area contributed by atoms with Crippen molar-refractivity contribution in [2.75, 3.05) is 25.5 Å². The minimum Gasteiger partial charge on any atom is -0.466 e. The van der Waals surface area contributed by atoms with E-state index < -0.39 is 11.4 Å². The van der Waals surface area contributed by atoms with E-state index in [1.54, 1.807) is 0 Å². The number of hydrogen-bond acceptors (Lipinski definition) is 5. The molecular formula is C20H21BrN2O3. The number of carbonyl (C=O) groups is 2. The van der Waals surface area contributed by atoms with Gasteiger partial charge in [-0.2, -0.15) is 0 Å². The first-order chi connectivity index (χ1) is 12.5. The molecule has 26 heavy (non-hydrogen) atoms. The topological polar surface area (TPSA) is 58.6 Å². The number of hydrogen-bond donors (Lipinski definition) is 1. The molecule has 1 aliphatic carbocycles. The highest BCUT2D eigenvalue weighted by Crippen LogP contribution is 2.56. The van der Waals surface area contributed by atoms with E-state index in [1.807, 2.05) is 31.2 Å². The number of Topliss-reactive ketones (excluding diaryl/α,β-unsaturated/α-hetero) is 1. The number of ketones is 1. The number of ether oxygens (including phenoxy) is 1. The Morgan fingerprint density at radius 3 is 2.96 bits per heavy atom. The van der Waals surface area contributed by atoms with Gasteiger partial charge in [0.25, 0.3) is 0 Å². The SMILES string of the molecule is C/C=C(\Br)CN1CC[C@]23C(=C(C(=O)OC)CC(=O)[C@H]12)Nc1ccccc13. The molecule has 0 aromatic heterocycles. The fourth-order valence-electron chi connectivity index (χ4n) is 4.74. The van der Waals surface area contributed by atoms with Gasteiger partial charge < -0.3 is 10.1 Å². The van der Waals surface area contributed by atoms with E-state index in [0.717, 1.165) is 34.4 Å². The fraction of sp³-hybridized carbons (Fsp3) is 0.400. The van der Waals surface area contributed by atoms with Crippen LogP contribution < -0.4 is 5.32 Å². The Bertz CT molecular complexity index is 860. The number of fused-ring (bicyclic) bond motifs is 1. The molecule has 1 aromatic rings. The number of benzene rings is 1. The van der Waals surface area contributed by atoms with E-state index in [9.17, 15) is 9.59 Å². The number of halogens is 1. The van der Waals surface area contributed by atoms with Crippen LogP contribution in [0, 0.1) is 0 Å². The quantitative estimate of drug-likeness (QED) is 0.766. The summed E-state index contributed by atoms with van der Waals surface area (Å²) in [5.74, 6) is -0.332. The summed E-state index contributed by atoms with van der Waals surface area (Å²) in [5.41, 5.74) is 2.92. The third kappa shape index (κ3) is 2.32. The van der Waals surface area contributed by atoms with Crippen molar-refractivity contribution in [2.45, 2.75) is 31.2 Å². The van der Waals surface area contributed by atoms with E-state index in [-0.39, 0.29) is 18.2 Å². The lowest BCUT2D eigenvalue weighted by molar-refractivity contribution is -0.138. The third-order valence-electron chi connectivity index (χ3n) is 5.80. The molecule has 2 aliphatic heterocycles. The summed E-state index contributed by atoms with van der Waals surface area (Å²) in [6.45, 7) is 3.47. The predicted octanol–water partition coefficient (Wildman–Crippen LogP) is 3.12. The van der Waals surface area contributed by atoms with Crippen LogP contribution in [0.25, 0.3) is 0 Å². The predicted molar refractivity (Wildman–Crippen MR) is 103 cm³/mol. The molecule has 3 aliphatic rings. The molecule has 1 spiro atoms. The van der Waals surface area contributed by atoms with Crippen molar-refractivity contribution in [3.63, 3.8) is 0 Å². The molecule has 0 amide bonds. The monoisotopic (exact) mass is 416 g/mol. The van der Waals surface area contributed by atoms with Crippen molar-refractivity contribution in [2.24, 2.45) is 0 Å². The maximum atomic E-state index is 13.2. The zero-order chi connectivity index (χ0) is 18.5. The van der Waals surface area contributed by atoms with Gasteiger partial charge >= 0.3 is 5.97 Å². The van der Waals surface area contributed by atoms with Gasteiger partial charge in [-0.05, 0) is 25.0 Å². The Morgan fingerprint density at radius 2 is 2.23 bits per heavy atom. The number of nitrogens with zero attached hydrogens (tertiary/aromatic N) is 1. The Labute approximate surface area is 161 Å². The average molecular weight is 417 g/mol. The molecule has 1 N–H and O–H groups in total. The molecule has 4 rings (SSSR count). The summed E-state index contributed by atoms with van der Waals surface area (Å²) < 4.78 is 6.04. The second-order valence-corrected chi connectivity index (χ2v) is 8.01. The molecule has 2 heterocycles. The number of rotatable bonds is 3. The lowest BCUT2D eigenvalue weighted by Crippen LogP contribution is -2.52. The number of likely N-dealkylation sites (tertiary alicyclic amines) is 1. The minimum absolute atomic E-state index is 0.0848. The minimum atomic E-state index is -0.490. The van der Waals surface area contributed by atoms with Gasteiger partial charge in [0.15, 0.2) is 5.78 Å². The number of allylic oxidation sites excluding steroid dienone is 1. The molecule has 136 valence electrons. The molecule has 0 bridgehead atoms. The Hall–Kier alpha value is -1.92. The average Bonchev–Trinajstić information content (AvgIpc) is 3.19. The molecule has 0 saturated carbocycles. The zero-order valence-corrected chi connectivity index (χ0v) is 16.4. The van der Waals surface area contributed by atoms with Crippen molar-refractivity contribution in [3.8, 4) is 0 Å². The summed E-state index contributed by atoms with van der Waals surface area (Å²) in [7, 11) is 1.37. The van der Waals surface area contributed by atoms with Crippen LogP contribution >= 0.6 is 15.9 Å². The Balaban J connectivity index is 1.90. The maximum absolute atomic E-state index is 13.2. The van der Waals surface area contributed by atoms with Crippen LogP contribution in [0.5, 0.6) is 0 Å². The third-order valence-corrected chi connectivity index (χ3v) is 6.50. The zero-order valence-electron chi connectivity index (χ0n) is 14.8. The molecule has 0 unspecified atom stereocenters. The van der Waals surface area contributed by atoms with E-state index >= 15 is 0 Å². The smallest absolute Gasteiger partial charge is 0.335 e. The lowest BCUT2D eigenvalue weighted by atomic mass is 9.67. The van der Waals surface area contributed by atoms with Gasteiger partial charge in [-0.15, -0.1) is 0 Å². The largest absolute Gasteiger partial charge is 0.466 e. The summed E-state index contributed by atoms with van der Waals surface area (Å²) in [6.07, 6.45) is 2.92. The standard InChI is InChI=1S/C20H21BrN2O3/c1-3-12(21)11-23-9-8-20-14-6-4-5-7-15(14)22-17(20)13(19(25)26-2)10-16(24)18(20)23/h3-7,18,22H,8-11H2,1-2H3/b12-3-/t18-,20-/m0/s1. The highest BCUT2D eigenvalue weighted by molar-refractivity contribution is 9.11. The number of nitrogens with one attached hydrogen (secondary N) is 1. The summed E-state index contributed by atoms with van der Waals surface area (Å²) in [5, 5.41) is 3.45. The van der Waals surface area contributed by atoms with Crippen molar-refractivity contribution in [3.05, 3.63) is 51.7 Å². The van der Waals surface area contributed by atoms with Crippen LogP contribution in [-0.4, -0.2) is 42.9 Å². The molecule has 1 aromatic carbocycles. The van der Waals surface area contributed by atoms with E-state index in [1.165, 1.54) is 7.11 Å². The van der Waals surface area contributed by atoms with Crippen LogP contribution in [0.4, 0.5) is 5.69 Å². The molecule has 0 radical (unpaired) electrons. The first-order valence-electron chi connectivity index (χ1n) is 8.79. The summed E-state index contributed by atoms with van der Waals surface area (Å²) >= 11 is 3.58. The van der Waals surface area contributed by atoms with Crippen LogP contribution in [0.1, 0.15) is 25.3 Å². The molecule has 5 nitrogen and oxygen atoms in total. The lowest BCUT2D eigenvalue weighted by Gasteiger charge is -2.39. The van der Waals surface area contributed by atoms with Crippen molar-refractivity contribution in [1.82, 2.24) is 4.90 Å². The first kappa shape index (κ1) is 17.5. The Morgan fingerprint density at radius 1 is 1.46 bits per heavy atom. The van der Waals surface area contributed by atoms with Crippen molar-refractivity contribution >= 4 is 33.4 Å². The number of methoxy groups -OCH3 is 1. The van der Waals surface area contributed by atoms with Gasteiger partial charge in [0.05, 0.1) is 24.1 Å². The molecule has 1 fully saturated rings. The normalized spacial score (nSPS) is 27.7. The van der Waals surface area contributed by atoms with Gasteiger partial charge in [-0.25, -0.2) is 4.79 Å². The van der Waals surface area contributed by atoms with Crippen molar-refractivity contribution < 1.29 is 14.3 Å². The number of esters is 1. The van der Waals surface area contributed by atoms with E-state index in [4.69, 9.17) is 4.74 Å². The van der Waals surface area contributed by atoms with Gasteiger partial charge in [-0.1, -0.05) is 40.2 Å². The number of carbonyl (C=O) groups excluding carboxylic acids is 2. The highest BCUT2D eigenvalue weighted by Gasteiger charge is 2.61. The van der Waals surface area contributed by atoms with E-state index in [0.29, 0.717) is 12.1 Å². The number of anilines is 1. The van der Waals surface area contributed by atoms with Crippen LogP contribution in [0.15, 0.2) is 46.1 Å².